The van der Waals surface area contributed by atoms with Crippen LogP contribution in [0, 0.1) is 0 Å². The molecule has 1 unspecified atom stereocenters. The molecule has 0 saturated carbocycles. The van der Waals surface area contributed by atoms with Crippen molar-refractivity contribution in [2.24, 2.45) is 0 Å². The third-order valence-electron chi connectivity index (χ3n) is 4.79. The van der Waals surface area contributed by atoms with E-state index < -0.39 is 0 Å². The lowest BCUT2D eigenvalue weighted by atomic mass is 10.0. The Kier molecular flexibility index (Phi) is 3.94. The molecule has 0 saturated heterocycles. The van der Waals surface area contributed by atoms with Crippen LogP contribution in [0.25, 0.3) is 0 Å². The summed E-state index contributed by atoms with van der Waals surface area (Å²) in [5, 5.41) is 7.58. The monoisotopic (exact) mass is 343 g/mol. The standard InChI is InChI=1S/C18H21N3O2S/c1-3-21-8-7-13-14(10-21)24-18-15(13)17(22)19-16(20-18)11-5-4-6-12(9-11)23-2/h4-6,9,16,20H,3,7-8,10H2,1-2H3,(H,19,22). The normalized spacial score (nSPS) is 19.9. The van der Waals surface area contributed by atoms with Gasteiger partial charge in [-0.1, -0.05) is 19.1 Å². The fourth-order valence-electron chi connectivity index (χ4n) is 3.43. The first kappa shape index (κ1) is 15.5. The second-order valence-electron chi connectivity index (χ2n) is 6.15. The molecule has 24 heavy (non-hydrogen) atoms. The first-order chi connectivity index (χ1) is 11.7. The Hall–Kier alpha value is -2.05. The van der Waals surface area contributed by atoms with Crippen LogP contribution in [0.4, 0.5) is 5.00 Å². The van der Waals surface area contributed by atoms with E-state index >= 15 is 0 Å². The summed E-state index contributed by atoms with van der Waals surface area (Å²) in [6.45, 7) is 5.21. The molecule has 5 nitrogen and oxygen atoms in total. The van der Waals surface area contributed by atoms with E-state index in [1.54, 1.807) is 18.4 Å². The van der Waals surface area contributed by atoms with Gasteiger partial charge in [-0.05, 0) is 36.2 Å². The summed E-state index contributed by atoms with van der Waals surface area (Å²) in [5.41, 5.74) is 3.08. The number of hydrogen-bond donors (Lipinski definition) is 2. The van der Waals surface area contributed by atoms with E-state index in [4.69, 9.17) is 4.74 Å². The number of rotatable bonds is 3. The van der Waals surface area contributed by atoms with Crippen molar-refractivity contribution >= 4 is 22.2 Å². The number of thiophene rings is 1. The maximum absolute atomic E-state index is 12.7. The van der Waals surface area contributed by atoms with Gasteiger partial charge in [-0.15, -0.1) is 11.3 Å². The quantitative estimate of drug-likeness (QED) is 0.900. The Balaban J connectivity index is 1.66. The third kappa shape index (κ3) is 2.56. The SMILES string of the molecule is CCN1CCc2c(sc3c2C(=O)NC(c2cccc(OC)c2)N3)C1. The van der Waals surface area contributed by atoms with Gasteiger partial charge in [0.05, 0.1) is 12.7 Å². The first-order valence-corrected chi connectivity index (χ1v) is 9.09. The molecule has 126 valence electrons. The van der Waals surface area contributed by atoms with Crippen LogP contribution in [0.3, 0.4) is 0 Å². The smallest absolute Gasteiger partial charge is 0.256 e. The summed E-state index contributed by atoms with van der Waals surface area (Å²) < 4.78 is 5.29. The zero-order valence-corrected chi connectivity index (χ0v) is 14.7. The Morgan fingerprint density at radius 1 is 1.38 bits per heavy atom. The van der Waals surface area contributed by atoms with Gasteiger partial charge in [-0.2, -0.15) is 0 Å². The number of benzene rings is 1. The van der Waals surface area contributed by atoms with Crippen molar-refractivity contribution in [3.05, 3.63) is 45.8 Å². The average Bonchev–Trinajstić information content (AvgIpc) is 2.99. The number of anilines is 1. The second kappa shape index (κ2) is 6.11. The number of fused-ring (bicyclic) bond motifs is 3. The van der Waals surface area contributed by atoms with Crippen LogP contribution in [0.1, 0.15) is 39.5 Å². The van der Waals surface area contributed by atoms with E-state index in [9.17, 15) is 4.79 Å². The number of hydrogen-bond acceptors (Lipinski definition) is 5. The van der Waals surface area contributed by atoms with Crippen molar-refractivity contribution in [1.82, 2.24) is 10.2 Å². The molecule has 1 amide bonds. The van der Waals surface area contributed by atoms with Crippen LogP contribution >= 0.6 is 11.3 Å². The fraction of sp³-hybridized carbons (Fsp3) is 0.389. The molecule has 0 aliphatic carbocycles. The van der Waals surface area contributed by atoms with Crippen molar-refractivity contribution in [3.63, 3.8) is 0 Å². The average molecular weight is 343 g/mol. The molecule has 2 aliphatic rings. The molecule has 2 aliphatic heterocycles. The van der Waals surface area contributed by atoms with E-state index in [1.807, 2.05) is 24.3 Å². The van der Waals surface area contributed by atoms with E-state index in [2.05, 4.69) is 22.5 Å². The Morgan fingerprint density at radius 3 is 3.04 bits per heavy atom. The molecule has 2 aromatic rings. The molecular formula is C18H21N3O2S. The van der Waals surface area contributed by atoms with Crippen molar-refractivity contribution < 1.29 is 9.53 Å². The van der Waals surface area contributed by atoms with Crippen LogP contribution in [0.2, 0.25) is 0 Å². The maximum atomic E-state index is 12.7. The number of carbonyl (C=O) groups excluding carboxylic acids is 1. The van der Waals surface area contributed by atoms with Gasteiger partial charge in [-0.25, -0.2) is 0 Å². The van der Waals surface area contributed by atoms with E-state index in [-0.39, 0.29) is 12.1 Å². The Morgan fingerprint density at radius 2 is 2.25 bits per heavy atom. The van der Waals surface area contributed by atoms with E-state index in [0.29, 0.717) is 0 Å². The first-order valence-electron chi connectivity index (χ1n) is 8.28. The molecule has 6 heteroatoms. The van der Waals surface area contributed by atoms with Gasteiger partial charge in [0.2, 0.25) is 0 Å². The van der Waals surface area contributed by atoms with E-state index in [1.165, 1.54) is 10.4 Å². The lowest BCUT2D eigenvalue weighted by molar-refractivity contribution is 0.0934. The Labute approximate surface area is 145 Å². The summed E-state index contributed by atoms with van der Waals surface area (Å²) in [6, 6.07) is 7.80. The summed E-state index contributed by atoms with van der Waals surface area (Å²) in [7, 11) is 1.65. The van der Waals surface area contributed by atoms with Crippen molar-refractivity contribution in [3.8, 4) is 5.75 Å². The minimum atomic E-state index is -0.220. The molecule has 1 atom stereocenters. The lowest BCUT2D eigenvalue weighted by Gasteiger charge is -2.28. The van der Waals surface area contributed by atoms with Crippen LogP contribution in [0.15, 0.2) is 24.3 Å². The molecule has 0 spiro atoms. The molecule has 0 bridgehead atoms. The van der Waals surface area contributed by atoms with Gasteiger partial charge in [0.15, 0.2) is 0 Å². The van der Waals surface area contributed by atoms with Crippen LogP contribution in [-0.4, -0.2) is 31.0 Å². The molecular weight excluding hydrogens is 322 g/mol. The molecule has 1 aromatic carbocycles. The number of carbonyl (C=O) groups is 1. The Bertz CT molecular complexity index is 787. The highest BCUT2D eigenvalue weighted by Crippen LogP contribution is 2.40. The summed E-state index contributed by atoms with van der Waals surface area (Å²) in [6.07, 6.45) is 0.732. The van der Waals surface area contributed by atoms with Crippen LogP contribution in [-0.2, 0) is 13.0 Å². The van der Waals surface area contributed by atoms with Gasteiger partial charge in [0.1, 0.15) is 16.9 Å². The van der Waals surface area contributed by atoms with Crippen molar-refractivity contribution in [1.29, 1.82) is 0 Å². The maximum Gasteiger partial charge on any atom is 0.256 e. The van der Waals surface area contributed by atoms with E-state index in [0.717, 1.165) is 47.9 Å². The minimum absolute atomic E-state index is 0.0269. The predicted octanol–water partition coefficient (Wildman–Crippen LogP) is 2.99. The zero-order chi connectivity index (χ0) is 16.7. The van der Waals surface area contributed by atoms with Crippen LogP contribution < -0.4 is 15.4 Å². The number of ether oxygens (including phenoxy) is 1. The fourth-order valence-corrected chi connectivity index (χ4v) is 4.74. The molecule has 4 rings (SSSR count). The largest absolute Gasteiger partial charge is 0.497 e. The van der Waals surface area contributed by atoms with Gasteiger partial charge < -0.3 is 15.4 Å². The highest BCUT2D eigenvalue weighted by atomic mass is 32.1. The molecule has 0 fully saturated rings. The van der Waals surface area contributed by atoms with Gasteiger partial charge in [0.25, 0.3) is 5.91 Å². The second-order valence-corrected chi connectivity index (χ2v) is 7.26. The van der Waals surface area contributed by atoms with Gasteiger partial charge in [0, 0.05) is 18.0 Å². The predicted molar refractivity (Wildman–Crippen MR) is 95.8 cm³/mol. The zero-order valence-electron chi connectivity index (χ0n) is 13.9. The van der Waals surface area contributed by atoms with Gasteiger partial charge in [-0.3, -0.25) is 9.69 Å². The van der Waals surface area contributed by atoms with Crippen molar-refractivity contribution in [2.75, 3.05) is 25.5 Å². The molecule has 0 radical (unpaired) electrons. The topological polar surface area (TPSA) is 53.6 Å². The van der Waals surface area contributed by atoms with Crippen LogP contribution in [0.5, 0.6) is 5.75 Å². The number of nitrogens with zero attached hydrogens (tertiary/aromatic N) is 1. The summed E-state index contributed by atoms with van der Waals surface area (Å²) in [5.74, 6) is 0.817. The third-order valence-corrected chi connectivity index (χ3v) is 5.94. The lowest BCUT2D eigenvalue weighted by Crippen LogP contribution is -2.38. The highest BCUT2D eigenvalue weighted by molar-refractivity contribution is 7.16. The molecule has 3 heterocycles. The number of likely N-dealkylation sites (N-methyl/N-ethyl adjacent to an activating group) is 1. The molecule has 2 N–H and O–H groups in total. The summed E-state index contributed by atoms with van der Waals surface area (Å²) >= 11 is 1.72. The summed E-state index contributed by atoms with van der Waals surface area (Å²) in [4.78, 5) is 16.5. The van der Waals surface area contributed by atoms with Crippen molar-refractivity contribution in [2.45, 2.75) is 26.1 Å². The number of nitrogens with one attached hydrogen (secondary N) is 2. The number of methoxy groups -OCH3 is 1. The minimum Gasteiger partial charge on any atom is -0.497 e. The molecule has 1 aromatic heterocycles. The highest BCUT2D eigenvalue weighted by Gasteiger charge is 2.33. The number of amides is 1. The van der Waals surface area contributed by atoms with Gasteiger partial charge >= 0.3 is 0 Å².